The molecule has 3 nitrogen and oxygen atoms in total. The van der Waals surface area contributed by atoms with Crippen molar-refractivity contribution >= 4 is 0 Å². The number of ether oxygens (including phenoxy) is 1. The Kier molecular flexibility index (Phi) is 8.48. The second-order valence-corrected chi connectivity index (χ2v) is 4.92. The molecule has 2 aliphatic carbocycles. The van der Waals surface area contributed by atoms with Gasteiger partial charge in [-0.2, -0.15) is 0 Å². The Bertz CT molecular complexity index is 680. The predicted molar refractivity (Wildman–Crippen MR) is 87.8 cm³/mol. The van der Waals surface area contributed by atoms with Crippen LogP contribution in [-0.4, -0.2) is 7.11 Å². The molecular weight excluding hydrogens is 344 g/mol. The molecule has 0 saturated carbocycles. The van der Waals surface area contributed by atoms with E-state index in [0.717, 1.165) is 11.1 Å². The molecule has 0 aliphatic heterocycles. The van der Waals surface area contributed by atoms with E-state index < -0.39 is 0 Å². The fourth-order valence-corrected chi connectivity index (χ4v) is 2.07. The summed E-state index contributed by atoms with van der Waals surface area (Å²) in [5, 5.41) is 22.3. The Labute approximate surface area is 153 Å². The van der Waals surface area contributed by atoms with Gasteiger partial charge in [-0.3, -0.25) is 0 Å². The van der Waals surface area contributed by atoms with E-state index >= 15 is 0 Å². The van der Waals surface area contributed by atoms with Crippen LogP contribution in [0.3, 0.4) is 0 Å². The summed E-state index contributed by atoms with van der Waals surface area (Å²) >= 11 is 0. The summed E-state index contributed by atoms with van der Waals surface area (Å²) in [5.74, 6) is -0.0961. The molecule has 0 unspecified atom stereocenters. The predicted octanol–water partition coefficient (Wildman–Crippen LogP) is 2.30. The van der Waals surface area contributed by atoms with Crippen molar-refractivity contribution < 1.29 is 32.0 Å². The van der Waals surface area contributed by atoms with Crippen molar-refractivity contribution in [1.82, 2.24) is 0 Å². The first-order chi connectivity index (χ1) is 11.2. The Balaban J connectivity index is 0.000000252. The van der Waals surface area contributed by atoms with Gasteiger partial charge in [0.15, 0.2) is 0 Å². The van der Waals surface area contributed by atoms with Gasteiger partial charge >= 0.3 is 17.1 Å². The van der Waals surface area contributed by atoms with Gasteiger partial charge < -0.3 is 14.9 Å². The normalized spacial score (nSPS) is 13.4. The molecule has 0 atom stereocenters. The number of methoxy groups -OCH3 is 1. The van der Waals surface area contributed by atoms with Crippen LogP contribution in [-0.2, 0) is 28.2 Å². The van der Waals surface area contributed by atoms with Gasteiger partial charge in [-0.15, -0.1) is 5.76 Å². The molecule has 0 fully saturated rings. The van der Waals surface area contributed by atoms with Crippen molar-refractivity contribution in [1.29, 1.82) is 0 Å². The molecule has 0 saturated heterocycles. The molecule has 4 heteroatoms. The van der Waals surface area contributed by atoms with Crippen LogP contribution < -0.4 is 10.2 Å². The molecule has 1 aromatic rings. The molecule has 1 aromatic carbocycles. The van der Waals surface area contributed by atoms with Crippen LogP contribution in [0, 0.1) is 0 Å². The van der Waals surface area contributed by atoms with E-state index in [4.69, 9.17) is 0 Å². The fraction of sp³-hybridized carbons (Fsp3) is 0.100. The van der Waals surface area contributed by atoms with E-state index in [9.17, 15) is 10.2 Å². The third-order valence-electron chi connectivity index (χ3n) is 3.28. The van der Waals surface area contributed by atoms with Gasteiger partial charge in [-0.1, -0.05) is 78.9 Å². The third-order valence-corrected chi connectivity index (χ3v) is 3.28. The number of allylic oxidation sites excluding steroid dienone is 11. The standard InChI is InChI=1S/C13H12O.C7H8O2.Fe/c14-13(12-8-4-5-9-12)10-11-6-2-1-3-7-11;1-9-7(8)6-4-2-3-5-6;/h1-9,14H,10H2;2-5,8H,1H3;/q;;+2/p-2. The first-order valence-corrected chi connectivity index (χ1v) is 7.29. The summed E-state index contributed by atoms with van der Waals surface area (Å²) in [5.41, 5.74) is 2.48. The number of benzene rings is 1. The average molecular weight is 362 g/mol. The molecule has 3 rings (SSSR count). The van der Waals surface area contributed by atoms with Crippen molar-refractivity contribution in [2.45, 2.75) is 6.42 Å². The summed E-state index contributed by atoms with van der Waals surface area (Å²) < 4.78 is 4.46. The van der Waals surface area contributed by atoms with Gasteiger partial charge in [0.05, 0.1) is 5.95 Å². The zero-order chi connectivity index (χ0) is 16.5. The van der Waals surface area contributed by atoms with E-state index in [1.807, 2.05) is 54.6 Å². The van der Waals surface area contributed by atoms with E-state index in [2.05, 4.69) is 4.74 Å². The van der Waals surface area contributed by atoms with Crippen molar-refractivity contribution in [3.05, 3.63) is 107 Å². The van der Waals surface area contributed by atoms with Crippen LogP contribution in [0.25, 0.3) is 0 Å². The van der Waals surface area contributed by atoms with Gasteiger partial charge in [-0.25, -0.2) is 0 Å². The monoisotopic (exact) mass is 362 g/mol. The maximum absolute atomic E-state index is 11.7. The molecular formula is C20H18FeO3. The van der Waals surface area contributed by atoms with Crippen LogP contribution in [0.2, 0.25) is 0 Å². The summed E-state index contributed by atoms with van der Waals surface area (Å²) in [7, 11) is 1.37. The fourth-order valence-electron chi connectivity index (χ4n) is 2.07. The molecule has 0 bridgehead atoms. The zero-order valence-electron chi connectivity index (χ0n) is 13.3. The summed E-state index contributed by atoms with van der Waals surface area (Å²) in [4.78, 5) is 0. The number of hydrogen-bond donors (Lipinski definition) is 0. The molecule has 0 N–H and O–H groups in total. The van der Waals surface area contributed by atoms with Gasteiger partial charge in [0, 0.05) is 0 Å². The van der Waals surface area contributed by atoms with E-state index in [1.54, 1.807) is 24.3 Å². The molecule has 0 amide bonds. The second-order valence-electron chi connectivity index (χ2n) is 4.92. The SMILES string of the molecule is COC([O-])=C1C=CC=C1.[Fe+2].[O-]C(Cc1ccccc1)=C1C=CC=C1. The second kappa shape index (κ2) is 10.4. The van der Waals surface area contributed by atoms with Crippen molar-refractivity contribution in [2.75, 3.05) is 7.11 Å². The molecule has 2 aliphatic rings. The smallest absolute Gasteiger partial charge is 0.875 e. The van der Waals surface area contributed by atoms with Crippen LogP contribution in [0.1, 0.15) is 5.56 Å². The van der Waals surface area contributed by atoms with Crippen molar-refractivity contribution in [3.63, 3.8) is 0 Å². The minimum absolute atomic E-state index is 0. The van der Waals surface area contributed by atoms with Crippen LogP contribution in [0.15, 0.2) is 102 Å². The van der Waals surface area contributed by atoms with Crippen LogP contribution in [0.5, 0.6) is 0 Å². The molecule has 124 valence electrons. The molecule has 0 aromatic heterocycles. The molecule has 24 heavy (non-hydrogen) atoms. The minimum Gasteiger partial charge on any atom is -0.875 e. The van der Waals surface area contributed by atoms with Gasteiger partial charge in [0.25, 0.3) is 0 Å². The van der Waals surface area contributed by atoms with E-state index in [1.165, 1.54) is 7.11 Å². The zero-order valence-corrected chi connectivity index (χ0v) is 14.4. The first-order valence-electron chi connectivity index (χ1n) is 7.29. The number of rotatable bonds is 3. The Morgan fingerprint density at radius 2 is 1.33 bits per heavy atom. The van der Waals surface area contributed by atoms with Gasteiger partial charge in [-0.05, 0) is 30.2 Å². The topological polar surface area (TPSA) is 55.3 Å². The molecule has 0 radical (unpaired) electrons. The minimum atomic E-state index is -0.278. The van der Waals surface area contributed by atoms with Gasteiger partial charge in [0.2, 0.25) is 0 Å². The molecule has 0 spiro atoms. The maximum Gasteiger partial charge on any atom is 2.00 e. The Morgan fingerprint density at radius 3 is 1.83 bits per heavy atom. The average Bonchev–Trinajstić information content (AvgIpc) is 3.29. The number of hydrogen-bond acceptors (Lipinski definition) is 3. The summed E-state index contributed by atoms with van der Waals surface area (Å²) in [6.45, 7) is 0. The van der Waals surface area contributed by atoms with Crippen molar-refractivity contribution in [3.8, 4) is 0 Å². The molecule has 0 heterocycles. The Hall–Kier alpha value is -2.42. The van der Waals surface area contributed by atoms with Crippen LogP contribution >= 0.6 is 0 Å². The Morgan fingerprint density at radius 1 is 0.833 bits per heavy atom. The largest absolute Gasteiger partial charge is 2.00 e. The maximum atomic E-state index is 11.7. The summed E-state index contributed by atoms with van der Waals surface area (Å²) in [6.07, 6.45) is 15.0. The summed E-state index contributed by atoms with van der Waals surface area (Å²) in [6, 6.07) is 9.80. The van der Waals surface area contributed by atoms with Crippen LogP contribution in [0.4, 0.5) is 0 Å². The van der Waals surface area contributed by atoms with Gasteiger partial charge in [0.1, 0.15) is 0 Å². The van der Waals surface area contributed by atoms with Crippen molar-refractivity contribution in [2.24, 2.45) is 0 Å². The van der Waals surface area contributed by atoms with E-state index in [-0.39, 0.29) is 28.8 Å². The van der Waals surface area contributed by atoms with E-state index in [0.29, 0.717) is 12.0 Å². The third kappa shape index (κ3) is 5.99. The first kappa shape index (κ1) is 19.6. The quantitative estimate of drug-likeness (QED) is 0.613.